The zero-order valence-corrected chi connectivity index (χ0v) is 11.2. The van der Waals surface area contributed by atoms with Gasteiger partial charge in [0, 0.05) is 38.1 Å². The smallest absolute Gasteiger partial charge is 0.160 e. The van der Waals surface area contributed by atoms with Gasteiger partial charge < -0.3 is 5.32 Å². The van der Waals surface area contributed by atoms with Gasteiger partial charge in [0.05, 0.1) is 0 Å². The third-order valence-electron chi connectivity index (χ3n) is 4.12. The first-order valence-corrected chi connectivity index (χ1v) is 6.67. The molecule has 1 heterocycles. The molecule has 0 aromatic carbocycles. The number of rotatable bonds is 2. The number of nitrogens with one attached hydrogen (secondary N) is 1. The molecule has 2 atom stereocenters. The van der Waals surface area contributed by atoms with E-state index in [1.807, 2.05) is 0 Å². The van der Waals surface area contributed by atoms with Crippen molar-refractivity contribution in [3.05, 3.63) is 12.2 Å². The first-order valence-electron chi connectivity index (χ1n) is 6.67. The van der Waals surface area contributed by atoms with Crippen LogP contribution in [0.25, 0.3) is 0 Å². The summed E-state index contributed by atoms with van der Waals surface area (Å²) in [6.07, 6.45) is 4.84. The summed E-state index contributed by atoms with van der Waals surface area (Å²) in [5.74, 6) is 0.489. The predicted molar refractivity (Wildman–Crippen MR) is 69.9 cm³/mol. The predicted octanol–water partition coefficient (Wildman–Crippen LogP) is 1.45. The zero-order chi connectivity index (χ0) is 12.5. The minimum absolute atomic E-state index is 0.168. The van der Waals surface area contributed by atoms with Gasteiger partial charge in [-0.25, -0.2) is 0 Å². The van der Waals surface area contributed by atoms with Crippen LogP contribution in [-0.4, -0.2) is 42.9 Å². The molecular formula is C14H24N2O. The van der Waals surface area contributed by atoms with Gasteiger partial charge in [-0.15, -0.1) is 0 Å². The molecule has 1 fully saturated rings. The molecule has 0 aromatic rings. The lowest BCUT2D eigenvalue weighted by atomic mass is 9.73. The van der Waals surface area contributed by atoms with Crippen LogP contribution < -0.4 is 5.32 Å². The lowest BCUT2D eigenvalue weighted by Gasteiger charge is -2.40. The van der Waals surface area contributed by atoms with E-state index in [1.54, 1.807) is 6.08 Å². The molecule has 96 valence electrons. The fraction of sp³-hybridized carbons (Fsp3) is 0.786. The van der Waals surface area contributed by atoms with Crippen molar-refractivity contribution in [2.45, 2.75) is 33.2 Å². The maximum Gasteiger partial charge on any atom is 0.160 e. The van der Waals surface area contributed by atoms with Crippen LogP contribution in [0.3, 0.4) is 0 Å². The van der Waals surface area contributed by atoms with Gasteiger partial charge in [-0.3, -0.25) is 9.69 Å². The maximum atomic E-state index is 12.0. The highest BCUT2D eigenvalue weighted by Gasteiger charge is 2.35. The number of ketones is 1. The molecule has 0 radical (unpaired) electrons. The van der Waals surface area contributed by atoms with E-state index in [0.717, 1.165) is 32.6 Å². The van der Waals surface area contributed by atoms with Crippen LogP contribution in [0.4, 0.5) is 0 Å². The van der Waals surface area contributed by atoms with E-state index in [4.69, 9.17) is 0 Å². The van der Waals surface area contributed by atoms with E-state index in [0.29, 0.717) is 11.8 Å². The van der Waals surface area contributed by atoms with Crippen molar-refractivity contribution in [1.29, 1.82) is 0 Å². The van der Waals surface area contributed by atoms with Gasteiger partial charge in [-0.05, 0) is 24.8 Å². The number of nitrogens with zero attached hydrogens (tertiary/aromatic N) is 1. The fourth-order valence-electron chi connectivity index (χ4n) is 2.92. The summed E-state index contributed by atoms with van der Waals surface area (Å²) >= 11 is 0. The molecule has 3 heteroatoms. The van der Waals surface area contributed by atoms with E-state index in [9.17, 15) is 4.79 Å². The largest absolute Gasteiger partial charge is 0.314 e. The number of hydrogen-bond acceptors (Lipinski definition) is 3. The Morgan fingerprint density at radius 1 is 1.41 bits per heavy atom. The monoisotopic (exact) mass is 236 g/mol. The zero-order valence-electron chi connectivity index (χ0n) is 11.2. The van der Waals surface area contributed by atoms with Crippen LogP contribution >= 0.6 is 0 Å². The van der Waals surface area contributed by atoms with Crippen molar-refractivity contribution < 1.29 is 4.79 Å². The molecule has 2 aliphatic rings. The Hall–Kier alpha value is -0.670. The normalized spacial score (nSPS) is 31.5. The van der Waals surface area contributed by atoms with Crippen molar-refractivity contribution in [3.8, 4) is 0 Å². The quantitative estimate of drug-likeness (QED) is 0.787. The molecule has 17 heavy (non-hydrogen) atoms. The molecule has 0 saturated carbocycles. The highest BCUT2D eigenvalue weighted by atomic mass is 16.1. The summed E-state index contributed by atoms with van der Waals surface area (Å²) in [6.45, 7) is 10.9. The molecule has 1 aliphatic carbocycles. The van der Waals surface area contributed by atoms with E-state index in [-0.39, 0.29) is 11.3 Å². The van der Waals surface area contributed by atoms with Crippen molar-refractivity contribution in [2.75, 3.05) is 26.2 Å². The van der Waals surface area contributed by atoms with Gasteiger partial charge in [-0.2, -0.15) is 0 Å². The van der Waals surface area contributed by atoms with Gasteiger partial charge in [0.25, 0.3) is 0 Å². The maximum absolute atomic E-state index is 12.0. The van der Waals surface area contributed by atoms with E-state index >= 15 is 0 Å². The molecule has 0 amide bonds. The highest BCUT2D eigenvalue weighted by molar-refractivity contribution is 5.93. The second-order valence-electron chi connectivity index (χ2n) is 6.06. The fourth-order valence-corrected chi connectivity index (χ4v) is 2.92. The molecule has 1 saturated heterocycles. The lowest BCUT2D eigenvalue weighted by Crippen LogP contribution is -2.51. The second kappa shape index (κ2) is 4.91. The third-order valence-corrected chi connectivity index (χ3v) is 4.12. The first kappa shape index (κ1) is 12.8. The minimum Gasteiger partial charge on any atom is -0.314 e. The molecule has 0 bridgehead atoms. The Morgan fingerprint density at radius 2 is 2.06 bits per heavy atom. The van der Waals surface area contributed by atoms with Crippen LogP contribution in [0, 0.1) is 11.3 Å². The second-order valence-corrected chi connectivity index (χ2v) is 6.06. The van der Waals surface area contributed by atoms with E-state index < -0.39 is 0 Å². The molecule has 1 N–H and O–H groups in total. The van der Waals surface area contributed by atoms with Crippen LogP contribution in [0.2, 0.25) is 0 Å². The molecule has 2 rings (SSSR count). The highest BCUT2D eigenvalue weighted by Crippen LogP contribution is 2.34. The Balaban J connectivity index is 2.05. The summed E-state index contributed by atoms with van der Waals surface area (Å²) in [4.78, 5) is 14.5. The van der Waals surface area contributed by atoms with Crippen molar-refractivity contribution >= 4 is 5.78 Å². The standard InChI is InChI=1S/C14H24N2O/c1-11(16-8-6-15-7-9-16)12-10-14(2,3)5-4-13(12)17/h4-5,11-12,15H,6-10H2,1-3H3. The Labute approximate surface area is 104 Å². The van der Waals surface area contributed by atoms with Gasteiger partial charge in [-0.1, -0.05) is 19.9 Å². The lowest BCUT2D eigenvalue weighted by molar-refractivity contribution is -0.122. The molecular weight excluding hydrogens is 212 g/mol. The van der Waals surface area contributed by atoms with Gasteiger partial charge in [0.15, 0.2) is 5.78 Å². The first-order chi connectivity index (χ1) is 7.99. The average molecular weight is 236 g/mol. The van der Waals surface area contributed by atoms with E-state index in [1.165, 1.54) is 0 Å². The Bertz CT molecular complexity index is 316. The van der Waals surface area contributed by atoms with Gasteiger partial charge >= 0.3 is 0 Å². The van der Waals surface area contributed by atoms with Crippen LogP contribution in [0.1, 0.15) is 27.2 Å². The number of hydrogen-bond donors (Lipinski definition) is 1. The van der Waals surface area contributed by atoms with Crippen LogP contribution in [-0.2, 0) is 4.79 Å². The van der Waals surface area contributed by atoms with Crippen molar-refractivity contribution in [3.63, 3.8) is 0 Å². The summed E-state index contributed by atoms with van der Waals surface area (Å²) in [7, 11) is 0. The van der Waals surface area contributed by atoms with Crippen LogP contribution in [0.15, 0.2) is 12.2 Å². The molecule has 0 spiro atoms. The summed E-state index contributed by atoms with van der Waals surface area (Å²) in [5.41, 5.74) is 0.168. The summed E-state index contributed by atoms with van der Waals surface area (Å²) in [6, 6.07) is 0.369. The molecule has 2 unspecified atom stereocenters. The Kier molecular flexibility index (Phi) is 3.69. The Morgan fingerprint density at radius 3 is 2.71 bits per heavy atom. The summed E-state index contributed by atoms with van der Waals surface area (Å²) < 4.78 is 0. The number of piperazine rings is 1. The molecule has 3 nitrogen and oxygen atoms in total. The third kappa shape index (κ3) is 2.96. The van der Waals surface area contributed by atoms with E-state index in [2.05, 4.69) is 37.1 Å². The number of allylic oxidation sites excluding steroid dienone is 2. The minimum atomic E-state index is 0.168. The van der Waals surface area contributed by atoms with Crippen molar-refractivity contribution in [2.24, 2.45) is 11.3 Å². The molecule has 1 aliphatic heterocycles. The van der Waals surface area contributed by atoms with Crippen molar-refractivity contribution in [1.82, 2.24) is 10.2 Å². The van der Waals surface area contributed by atoms with Gasteiger partial charge in [0.2, 0.25) is 0 Å². The topological polar surface area (TPSA) is 32.3 Å². The van der Waals surface area contributed by atoms with Crippen LogP contribution in [0.5, 0.6) is 0 Å². The average Bonchev–Trinajstić information content (AvgIpc) is 2.33. The number of carbonyl (C=O) groups is 1. The van der Waals surface area contributed by atoms with Gasteiger partial charge in [0.1, 0.15) is 0 Å². The summed E-state index contributed by atoms with van der Waals surface area (Å²) in [5, 5.41) is 3.36. The molecule has 0 aromatic heterocycles. The number of carbonyl (C=O) groups excluding carboxylic acids is 1. The SMILES string of the molecule is CC(C1CC(C)(C)C=CC1=O)N1CCNCC1.